The van der Waals surface area contributed by atoms with Crippen molar-refractivity contribution in [3.05, 3.63) is 94.4 Å². The molecule has 0 unspecified atom stereocenters. The van der Waals surface area contributed by atoms with Gasteiger partial charge >= 0.3 is 0 Å². The summed E-state index contributed by atoms with van der Waals surface area (Å²) in [6, 6.07) is 20.0. The first-order chi connectivity index (χ1) is 9.77. The van der Waals surface area contributed by atoms with Crippen molar-refractivity contribution in [1.82, 2.24) is 10.2 Å². The van der Waals surface area contributed by atoms with E-state index in [1.54, 1.807) is 6.20 Å². The van der Waals surface area contributed by atoms with Gasteiger partial charge in [-0.15, -0.1) is 0 Å². The first kappa shape index (κ1) is 13.5. The predicted molar refractivity (Wildman–Crippen MR) is 77.7 cm³/mol. The van der Waals surface area contributed by atoms with Crippen LogP contribution >= 0.6 is 0 Å². The van der Waals surface area contributed by atoms with Crippen molar-refractivity contribution in [3.8, 4) is 0 Å². The molecule has 0 radical (unpaired) electrons. The summed E-state index contributed by atoms with van der Waals surface area (Å²) in [6.07, 6.45) is 1.54. The van der Waals surface area contributed by atoms with E-state index >= 15 is 0 Å². The Labute approximate surface area is 116 Å². The third kappa shape index (κ3) is 3.81. The second-order valence-electron chi connectivity index (χ2n) is 4.03. The van der Waals surface area contributed by atoms with E-state index < -0.39 is 0 Å². The highest BCUT2D eigenvalue weighted by Crippen LogP contribution is 2.08. The summed E-state index contributed by atoms with van der Waals surface area (Å²) in [4.78, 5) is 21.8. The standard InChI is InChI=1S/C13H10O.C3H4N2O/c14-13(11-7-3-1-4-8-11)12-9-5-2-6-10-12;6-3-1-2-4-5-3/h1-10H;1-2H,(H2,4,5,6). The zero-order chi connectivity index (χ0) is 14.2. The van der Waals surface area contributed by atoms with E-state index in [1.165, 1.54) is 6.07 Å². The van der Waals surface area contributed by atoms with Crippen LogP contribution in [0.25, 0.3) is 0 Å². The minimum atomic E-state index is -0.0880. The molecule has 0 aliphatic rings. The van der Waals surface area contributed by atoms with Crippen molar-refractivity contribution >= 4 is 5.78 Å². The zero-order valence-electron chi connectivity index (χ0n) is 10.7. The second-order valence-corrected chi connectivity index (χ2v) is 4.03. The van der Waals surface area contributed by atoms with Crippen molar-refractivity contribution in [2.75, 3.05) is 0 Å². The van der Waals surface area contributed by atoms with Crippen LogP contribution in [0.5, 0.6) is 0 Å². The highest BCUT2D eigenvalue weighted by atomic mass is 16.1. The number of ketones is 1. The van der Waals surface area contributed by atoms with Gasteiger partial charge in [0.25, 0.3) is 5.56 Å². The van der Waals surface area contributed by atoms with Gasteiger partial charge in [-0.05, 0) is 0 Å². The molecule has 0 saturated heterocycles. The number of aromatic nitrogens is 2. The second kappa shape index (κ2) is 6.89. The molecule has 2 N–H and O–H groups in total. The Morgan fingerprint density at radius 1 is 0.750 bits per heavy atom. The number of nitrogens with one attached hydrogen (secondary N) is 2. The van der Waals surface area contributed by atoms with Gasteiger partial charge in [-0.1, -0.05) is 60.7 Å². The molecule has 0 fully saturated rings. The molecule has 0 aliphatic heterocycles. The number of H-pyrrole nitrogens is 2. The average Bonchev–Trinajstić information content (AvgIpc) is 3.00. The van der Waals surface area contributed by atoms with Crippen molar-refractivity contribution in [1.29, 1.82) is 0 Å². The lowest BCUT2D eigenvalue weighted by molar-refractivity contribution is 0.103. The fourth-order valence-electron chi connectivity index (χ4n) is 1.62. The first-order valence-corrected chi connectivity index (χ1v) is 6.14. The lowest BCUT2D eigenvalue weighted by Gasteiger charge is -1.99. The maximum Gasteiger partial charge on any atom is 0.263 e. The third-order valence-corrected chi connectivity index (χ3v) is 2.59. The van der Waals surface area contributed by atoms with Gasteiger partial charge in [0.15, 0.2) is 5.78 Å². The molecule has 3 aromatic rings. The van der Waals surface area contributed by atoms with Crippen LogP contribution in [0.2, 0.25) is 0 Å². The van der Waals surface area contributed by atoms with Crippen LogP contribution < -0.4 is 5.56 Å². The van der Waals surface area contributed by atoms with E-state index in [1.807, 2.05) is 60.7 Å². The summed E-state index contributed by atoms with van der Waals surface area (Å²) >= 11 is 0. The van der Waals surface area contributed by atoms with Crippen LogP contribution in [0, 0.1) is 0 Å². The number of aromatic amines is 2. The van der Waals surface area contributed by atoms with E-state index in [2.05, 4.69) is 10.2 Å². The Kier molecular flexibility index (Phi) is 4.67. The molecule has 0 saturated carbocycles. The topological polar surface area (TPSA) is 65.7 Å². The Hall–Kier alpha value is -2.88. The summed E-state index contributed by atoms with van der Waals surface area (Å²) in [5.41, 5.74) is 1.38. The molecule has 4 nitrogen and oxygen atoms in total. The van der Waals surface area contributed by atoms with E-state index in [0.717, 1.165) is 11.1 Å². The quantitative estimate of drug-likeness (QED) is 0.700. The van der Waals surface area contributed by atoms with E-state index in [4.69, 9.17) is 0 Å². The van der Waals surface area contributed by atoms with Crippen LogP contribution in [-0.4, -0.2) is 16.0 Å². The Morgan fingerprint density at radius 3 is 1.55 bits per heavy atom. The number of rotatable bonds is 2. The Bertz CT molecular complexity index is 642. The molecule has 0 amide bonds. The van der Waals surface area contributed by atoms with Crippen molar-refractivity contribution in [3.63, 3.8) is 0 Å². The lowest BCUT2D eigenvalue weighted by atomic mass is 10.0. The molecule has 0 spiro atoms. The Morgan fingerprint density at radius 2 is 1.25 bits per heavy atom. The molecule has 0 aliphatic carbocycles. The molecular formula is C16H14N2O2. The summed E-state index contributed by atoms with van der Waals surface area (Å²) in [6.45, 7) is 0. The number of hydrogen-bond donors (Lipinski definition) is 2. The summed E-state index contributed by atoms with van der Waals surface area (Å²) in [5.74, 6) is 0.0752. The molecule has 1 aromatic heterocycles. The monoisotopic (exact) mass is 266 g/mol. The number of carbonyl (C=O) groups is 1. The largest absolute Gasteiger partial charge is 0.305 e. The summed E-state index contributed by atoms with van der Waals surface area (Å²) in [5, 5.41) is 4.81. The molecule has 0 bridgehead atoms. The lowest BCUT2D eigenvalue weighted by Crippen LogP contribution is -1.99. The number of carbonyl (C=O) groups excluding carboxylic acids is 1. The number of benzene rings is 2. The first-order valence-electron chi connectivity index (χ1n) is 6.14. The minimum absolute atomic E-state index is 0.0752. The normalized spacial score (nSPS) is 9.40. The Balaban J connectivity index is 0.000000205. The van der Waals surface area contributed by atoms with Crippen LogP contribution in [0.3, 0.4) is 0 Å². The van der Waals surface area contributed by atoms with Gasteiger partial charge < -0.3 is 5.10 Å². The SMILES string of the molecule is O=C(c1ccccc1)c1ccccc1.O=c1cc[nH][nH]1. The van der Waals surface area contributed by atoms with Crippen molar-refractivity contribution in [2.45, 2.75) is 0 Å². The molecule has 4 heteroatoms. The molecule has 2 aromatic carbocycles. The van der Waals surface area contributed by atoms with Crippen LogP contribution in [0.15, 0.2) is 77.7 Å². The van der Waals surface area contributed by atoms with Crippen LogP contribution in [0.1, 0.15) is 15.9 Å². The van der Waals surface area contributed by atoms with Crippen molar-refractivity contribution < 1.29 is 4.79 Å². The molecule has 1 heterocycles. The highest BCUT2D eigenvalue weighted by molar-refractivity contribution is 6.08. The van der Waals surface area contributed by atoms with Gasteiger partial charge in [0.05, 0.1) is 0 Å². The fourth-order valence-corrected chi connectivity index (χ4v) is 1.62. The molecule has 100 valence electrons. The van der Waals surface area contributed by atoms with Gasteiger partial charge in [0.1, 0.15) is 0 Å². The van der Waals surface area contributed by atoms with Crippen LogP contribution in [0.4, 0.5) is 0 Å². The van der Waals surface area contributed by atoms with Gasteiger partial charge in [-0.2, -0.15) is 0 Å². The summed E-state index contributed by atoms with van der Waals surface area (Å²) in [7, 11) is 0. The molecule has 3 rings (SSSR count). The van der Waals surface area contributed by atoms with Gasteiger partial charge in [0.2, 0.25) is 0 Å². The van der Waals surface area contributed by atoms with Crippen LogP contribution in [-0.2, 0) is 0 Å². The summed E-state index contributed by atoms with van der Waals surface area (Å²) < 4.78 is 0. The highest BCUT2D eigenvalue weighted by Gasteiger charge is 2.06. The molecule has 0 atom stereocenters. The third-order valence-electron chi connectivity index (χ3n) is 2.59. The average molecular weight is 266 g/mol. The van der Waals surface area contributed by atoms with E-state index in [-0.39, 0.29) is 11.3 Å². The zero-order valence-corrected chi connectivity index (χ0v) is 10.7. The van der Waals surface area contributed by atoms with Gasteiger partial charge in [0, 0.05) is 23.4 Å². The minimum Gasteiger partial charge on any atom is -0.305 e. The van der Waals surface area contributed by atoms with E-state index in [9.17, 15) is 9.59 Å². The van der Waals surface area contributed by atoms with Gasteiger partial charge in [-0.3, -0.25) is 14.7 Å². The predicted octanol–water partition coefficient (Wildman–Crippen LogP) is 2.62. The maximum atomic E-state index is 11.8. The molecule has 20 heavy (non-hydrogen) atoms. The van der Waals surface area contributed by atoms with Gasteiger partial charge in [-0.25, -0.2) is 0 Å². The molecular weight excluding hydrogens is 252 g/mol. The fraction of sp³-hybridized carbons (Fsp3) is 0. The number of hydrogen-bond acceptors (Lipinski definition) is 2. The maximum absolute atomic E-state index is 11.8. The smallest absolute Gasteiger partial charge is 0.263 e. The van der Waals surface area contributed by atoms with E-state index in [0.29, 0.717) is 0 Å². The van der Waals surface area contributed by atoms with Crippen molar-refractivity contribution in [2.24, 2.45) is 0 Å².